The van der Waals surface area contributed by atoms with Crippen molar-refractivity contribution in [1.82, 2.24) is 0 Å². The normalized spacial score (nSPS) is 12.9. The van der Waals surface area contributed by atoms with Crippen molar-refractivity contribution in [3.05, 3.63) is 34.9 Å². The molecule has 1 rings (SSSR count). The number of hydrogen-bond acceptors (Lipinski definition) is 1. The number of hydrogen-bond donors (Lipinski definition) is 1. The van der Waals surface area contributed by atoms with Crippen molar-refractivity contribution in [1.29, 1.82) is 0 Å². The van der Waals surface area contributed by atoms with Crippen LogP contribution >= 0.6 is 0 Å². The first kappa shape index (κ1) is 10.2. The first-order valence-electron chi connectivity index (χ1n) is 4.57. The van der Waals surface area contributed by atoms with Gasteiger partial charge in [0.05, 0.1) is 0 Å². The van der Waals surface area contributed by atoms with Crippen LogP contribution in [0, 0.1) is 13.8 Å². The van der Waals surface area contributed by atoms with E-state index in [1.165, 1.54) is 0 Å². The molecule has 0 heterocycles. The lowest BCUT2D eigenvalue weighted by molar-refractivity contribution is 0.326. The molecule has 0 aromatic heterocycles. The van der Waals surface area contributed by atoms with Gasteiger partial charge in [-0.2, -0.15) is 0 Å². The number of alkyl halides is 1. The molecular weight excluding hydrogens is 165 g/mol. The zero-order valence-corrected chi connectivity index (χ0v) is 8.18. The van der Waals surface area contributed by atoms with E-state index < -0.39 is 6.17 Å². The molecule has 72 valence electrons. The van der Waals surface area contributed by atoms with Crippen molar-refractivity contribution in [2.75, 3.05) is 6.54 Å². The van der Waals surface area contributed by atoms with Gasteiger partial charge in [0.25, 0.3) is 0 Å². The molecule has 0 spiro atoms. The number of halogens is 1. The van der Waals surface area contributed by atoms with Crippen LogP contribution in [-0.2, 0) is 0 Å². The highest BCUT2D eigenvalue weighted by Crippen LogP contribution is 2.25. The van der Waals surface area contributed by atoms with Crippen molar-refractivity contribution in [3.63, 3.8) is 0 Å². The van der Waals surface area contributed by atoms with Gasteiger partial charge in [0.15, 0.2) is 0 Å². The van der Waals surface area contributed by atoms with Crippen molar-refractivity contribution in [2.45, 2.75) is 26.4 Å². The first-order valence-corrected chi connectivity index (χ1v) is 4.57. The Kier molecular flexibility index (Phi) is 3.43. The summed E-state index contributed by atoms with van der Waals surface area (Å²) in [4.78, 5) is 0. The van der Waals surface area contributed by atoms with Crippen molar-refractivity contribution in [2.24, 2.45) is 5.73 Å². The Morgan fingerprint density at radius 1 is 1.38 bits per heavy atom. The van der Waals surface area contributed by atoms with Crippen molar-refractivity contribution >= 4 is 0 Å². The van der Waals surface area contributed by atoms with Crippen LogP contribution < -0.4 is 5.73 Å². The summed E-state index contributed by atoms with van der Waals surface area (Å²) in [7, 11) is 0. The van der Waals surface area contributed by atoms with E-state index in [1.54, 1.807) is 0 Å². The molecule has 0 aliphatic rings. The van der Waals surface area contributed by atoms with Crippen LogP contribution in [0.3, 0.4) is 0 Å². The minimum absolute atomic E-state index is 0.397. The molecule has 0 radical (unpaired) electrons. The summed E-state index contributed by atoms with van der Waals surface area (Å²) in [5, 5.41) is 0. The Morgan fingerprint density at radius 3 is 2.69 bits per heavy atom. The number of aryl methyl sites for hydroxylation is 1. The van der Waals surface area contributed by atoms with E-state index in [1.807, 2.05) is 32.0 Å². The molecular formula is C11H16FN. The fourth-order valence-electron chi connectivity index (χ4n) is 1.41. The van der Waals surface area contributed by atoms with Crippen LogP contribution in [0.2, 0.25) is 0 Å². The highest BCUT2D eigenvalue weighted by atomic mass is 19.1. The van der Waals surface area contributed by atoms with Crippen LogP contribution in [0.25, 0.3) is 0 Å². The van der Waals surface area contributed by atoms with Gasteiger partial charge in [-0.1, -0.05) is 18.2 Å². The second-order valence-corrected chi connectivity index (χ2v) is 3.33. The predicted molar refractivity (Wildman–Crippen MR) is 53.4 cm³/mol. The fraction of sp³-hybridized carbons (Fsp3) is 0.455. The summed E-state index contributed by atoms with van der Waals surface area (Å²) in [6.07, 6.45) is -0.505. The van der Waals surface area contributed by atoms with Gasteiger partial charge in [0, 0.05) is 0 Å². The number of rotatable bonds is 3. The Balaban J connectivity index is 2.93. The SMILES string of the molecule is Cc1cccc(C(F)CCN)c1C. The minimum atomic E-state index is -0.912. The lowest BCUT2D eigenvalue weighted by Crippen LogP contribution is -2.05. The van der Waals surface area contributed by atoms with Gasteiger partial charge in [0.1, 0.15) is 6.17 Å². The summed E-state index contributed by atoms with van der Waals surface area (Å²) in [5.74, 6) is 0. The van der Waals surface area contributed by atoms with Crippen LogP contribution in [0.15, 0.2) is 18.2 Å². The van der Waals surface area contributed by atoms with Crippen LogP contribution in [-0.4, -0.2) is 6.54 Å². The van der Waals surface area contributed by atoms with Crippen molar-refractivity contribution in [3.8, 4) is 0 Å². The van der Waals surface area contributed by atoms with E-state index in [2.05, 4.69) is 0 Å². The Bertz CT molecular complexity index is 283. The first-order chi connectivity index (χ1) is 6.16. The topological polar surface area (TPSA) is 26.0 Å². The Labute approximate surface area is 78.8 Å². The zero-order valence-electron chi connectivity index (χ0n) is 8.18. The molecule has 1 aromatic carbocycles. The molecule has 0 bridgehead atoms. The van der Waals surface area contributed by atoms with Gasteiger partial charge in [-0.3, -0.25) is 0 Å². The fourth-order valence-corrected chi connectivity index (χ4v) is 1.41. The molecule has 2 N–H and O–H groups in total. The van der Waals surface area contributed by atoms with Gasteiger partial charge >= 0.3 is 0 Å². The predicted octanol–water partition coefficient (Wildman–Crippen LogP) is 2.66. The number of nitrogens with two attached hydrogens (primary N) is 1. The van der Waals surface area contributed by atoms with Crippen molar-refractivity contribution < 1.29 is 4.39 Å². The molecule has 1 aromatic rings. The van der Waals surface area contributed by atoms with E-state index in [-0.39, 0.29) is 0 Å². The summed E-state index contributed by atoms with van der Waals surface area (Å²) >= 11 is 0. The standard InChI is InChI=1S/C11H16FN/c1-8-4-3-5-10(9(8)2)11(12)6-7-13/h3-5,11H,6-7,13H2,1-2H3. The quantitative estimate of drug-likeness (QED) is 0.762. The molecule has 1 atom stereocenters. The molecule has 2 heteroatoms. The largest absolute Gasteiger partial charge is 0.330 e. The van der Waals surface area contributed by atoms with Crippen LogP contribution in [0.1, 0.15) is 29.3 Å². The van der Waals surface area contributed by atoms with Crippen LogP contribution in [0.4, 0.5) is 4.39 Å². The van der Waals surface area contributed by atoms with Gasteiger partial charge in [-0.25, -0.2) is 4.39 Å². The van der Waals surface area contributed by atoms with Gasteiger partial charge in [-0.05, 0) is 43.5 Å². The third-order valence-corrected chi connectivity index (χ3v) is 2.40. The maximum absolute atomic E-state index is 13.5. The minimum Gasteiger partial charge on any atom is -0.330 e. The molecule has 0 aliphatic carbocycles. The van der Waals surface area contributed by atoms with E-state index in [0.29, 0.717) is 13.0 Å². The van der Waals surface area contributed by atoms with Gasteiger partial charge in [0.2, 0.25) is 0 Å². The molecule has 0 saturated heterocycles. The summed E-state index contributed by atoms with van der Waals surface area (Å²) in [6, 6.07) is 5.72. The molecule has 0 fully saturated rings. The van der Waals surface area contributed by atoms with Crippen LogP contribution in [0.5, 0.6) is 0 Å². The van der Waals surface area contributed by atoms with E-state index in [4.69, 9.17) is 5.73 Å². The molecule has 0 saturated carbocycles. The summed E-state index contributed by atoms with van der Waals surface area (Å²) in [5.41, 5.74) is 8.28. The number of benzene rings is 1. The van der Waals surface area contributed by atoms with Gasteiger partial charge in [-0.15, -0.1) is 0 Å². The highest BCUT2D eigenvalue weighted by molar-refractivity contribution is 5.34. The second kappa shape index (κ2) is 4.38. The zero-order chi connectivity index (χ0) is 9.84. The average Bonchev–Trinajstić information content (AvgIpc) is 2.10. The molecule has 0 amide bonds. The maximum Gasteiger partial charge on any atom is 0.127 e. The Hall–Kier alpha value is -0.890. The third-order valence-electron chi connectivity index (χ3n) is 2.40. The van der Waals surface area contributed by atoms with E-state index in [9.17, 15) is 4.39 Å². The lowest BCUT2D eigenvalue weighted by atomic mass is 9.98. The lowest BCUT2D eigenvalue weighted by Gasteiger charge is -2.12. The Morgan fingerprint density at radius 2 is 2.08 bits per heavy atom. The maximum atomic E-state index is 13.5. The highest BCUT2D eigenvalue weighted by Gasteiger charge is 2.11. The second-order valence-electron chi connectivity index (χ2n) is 3.33. The molecule has 0 aliphatic heterocycles. The molecule has 1 unspecified atom stereocenters. The molecule has 1 nitrogen and oxygen atoms in total. The monoisotopic (exact) mass is 181 g/mol. The van der Waals surface area contributed by atoms with E-state index >= 15 is 0 Å². The molecule has 13 heavy (non-hydrogen) atoms. The summed E-state index contributed by atoms with van der Waals surface area (Å²) in [6.45, 7) is 4.34. The van der Waals surface area contributed by atoms with E-state index in [0.717, 1.165) is 16.7 Å². The average molecular weight is 181 g/mol. The third kappa shape index (κ3) is 2.28. The smallest absolute Gasteiger partial charge is 0.127 e. The van der Waals surface area contributed by atoms with Gasteiger partial charge < -0.3 is 5.73 Å². The summed E-state index contributed by atoms with van der Waals surface area (Å²) < 4.78 is 13.5.